The molecular weight excluding hydrogens is 336 g/mol. The van der Waals surface area contributed by atoms with Crippen LogP contribution < -0.4 is 0 Å². The van der Waals surface area contributed by atoms with Crippen LogP contribution in [0.5, 0.6) is 0 Å². The fraction of sp³-hybridized carbons (Fsp3) is 0.167. The molecule has 0 saturated carbocycles. The number of hydrogen-bond donors (Lipinski definition) is 1. The Bertz CT molecular complexity index is 881. The van der Waals surface area contributed by atoms with Crippen molar-refractivity contribution in [2.45, 2.75) is 6.04 Å². The third-order valence-corrected chi connectivity index (χ3v) is 4.53. The molecule has 1 unspecified atom stereocenters. The van der Waals surface area contributed by atoms with Crippen LogP contribution in [-0.2, 0) is 4.79 Å². The highest BCUT2D eigenvalue weighted by molar-refractivity contribution is 7.99. The maximum Gasteiger partial charge on any atom is 0.313 e. The lowest BCUT2D eigenvalue weighted by atomic mass is 10.1. The Hall–Kier alpha value is -2.80. The van der Waals surface area contributed by atoms with Gasteiger partial charge in [0.05, 0.1) is 11.9 Å². The van der Waals surface area contributed by atoms with Gasteiger partial charge in [-0.2, -0.15) is 10.2 Å². The summed E-state index contributed by atoms with van der Waals surface area (Å²) in [5.74, 6) is 0.182. The summed E-state index contributed by atoms with van der Waals surface area (Å²) >= 11 is 1.31. The molecule has 0 aliphatic carbocycles. The first-order valence-electron chi connectivity index (χ1n) is 7.70. The molecular formula is C18H16N4O2S. The van der Waals surface area contributed by atoms with Crippen molar-refractivity contribution >= 4 is 34.3 Å². The Balaban J connectivity index is 1.85. The van der Waals surface area contributed by atoms with Gasteiger partial charge < -0.3 is 5.11 Å². The lowest BCUT2D eigenvalue weighted by Gasteiger charge is -2.10. The Kier molecular flexibility index (Phi) is 5.69. The number of azo groups is 1. The van der Waals surface area contributed by atoms with Crippen molar-refractivity contribution in [2.24, 2.45) is 10.2 Å². The third-order valence-electron chi connectivity index (χ3n) is 3.53. The summed E-state index contributed by atoms with van der Waals surface area (Å²) in [6.45, 7) is 0. The topological polar surface area (TPSA) is 87.8 Å². The number of aliphatic carboxylic acids is 1. The summed E-state index contributed by atoms with van der Waals surface area (Å²) < 4.78 is 0. The van der Waals surface area contributed by atoms with Gasteiger partial charge in [0.15, 0.2) is 0 Å². The molecule has 6 nitrogen and oxygen atoms in total. The fourth-order valence-electron chi connectivity index (χ4n) is 2.34. The first-order valence-corrected chi connectivity index (χ1v) is 8.85. The zero-order valence-corrected chi connectivity index (χ0v) is 14.1. The highest BCUT2D eigenvalue weighted by atomic mass is 32.2. The third kappa shape index (κ3) is 4.60. The summed E-state index contributed by atoms with van der Waals surface area (Å²) in [4.78, 5) is 10.7. The molecule has 0 aliphatic rings. The van der Waals surface area contributed by atoms with Crippen LogP contribution in [0.15, 0.2) is 71.0 Å². The van der Waals surface area contributed by atoms with Crippen LogP contribution in [0.1, 0.15) is 11.6 Å². The van der Waals surface area contributed by atoms with Crippen LogP contribution >= 0.6 is 11.8 Å². The van der Waals surface area contributed by atoms with E-state index in [-0.39, 0.29) is 11.8 Å². The van der Waals surface area contributed by atoms with Gasteiger partial charge in [0.25, 0.3) is 0 Å². The fourth-order valence-corrected chi connectivity index (χ4v) is 3.12. The summed E-state index contributed by atoms with van der Waals surface area (Å²) in [6, 6.07) is 17.2. The first kappa shape index (κ1) is 17.0. The van der Waals surface area contributed by atoms with E-state index in [0.717, 1.165) is 16.3 Å². The van der Waals surface area contributed by atoms with E-state index >= 15 is 0 Å². The number of nitrogens with zero attached hydrogens (tertiary/aromatic N) is 4. The number of carbonyl (C=O) groups is 1. The van der Waals surface area contributed by atoms with Crippen LogP contribution in [0.4, 0.5) is 5.82 Å². The highest BCUT2D eigenvalue weighted by Crippen LogP contribution is 2.27. The SMILES string of the molecule is O=C(O)CSCC(N=Nc1nncc2ccccc12)c1ccccc1. The summed E-state index contributed by atoms with van der Waals surface area (Å²) in [5, 5.41) is 27.4. The van der Waals surface area contributed by atoms with Crippen LogP contribution in [0.25, 0.3) is 10.8 Å². The monoisotopic (exact) mass is 352 g/mol. The minimum absolute atomic E-state index is 0.0346. The van der Waals surface area contributed by atoms with Gasteiger partial charge in [-0.3, -0.25) is 4.79 Å². The number of benzene rings is 2. The minimum Gasteiger partial charge on any atom is -0.481 e. The van der Waals surface area contributed by atoms with E-state index < -0.39 is 5.97 Å². The Morgan fingerprint density at radius 1 is 1.12 bits per heavy atom. The molecule has 25 heavy (non-hydrogen) atoms. The van der Waals surface area contributed by atoms with Crippen molar-refractivity contribution in [2.75, 3.05) is 11.5 Å². The second-order valence-corrected chi connectivity index (χ2v) is 6.34. The second-order valence-electron chi connectivity index (χ2n) is 5.31. The number of aromatic nitrogens is 2. The van der Waals surface area contributed by atoms with E-state index in [0.29, 0.717) is 11.6 Å². The van der Waals surface area contributed by atoms with Gasteiger partial charge >= 0.3 is 5.97 Å². The zero-order chi connectivity index (χ0) is 17.5. The predicted molar refractivity (Wildman–Crippen MR) is 98.2 cm³/mol. The van der Waals surface area contributed by atoms with E-state index in [1.807, 2.05) is 54.6 Å². The van der Waals surface area contributed by atoms with Crippen LogP contribution in [-0.4, -0.2) is 32.8 Å². The lowest BCUT2D eigenvalue weighted by molar-refractivity contribution is -0.133. The molecule has 1 atom stereocenters. The second kappa shape index (κ2) is 8.34. The molecule has 0 amide bonds. The average molecular weight is 352 g/mol. The smallest absolute Gasteiger partial charge is 0.313 e. The van der Waals surface area contributed by atoms with E-state index in [1.165, 1.54) is 11.8 Å². The van der Waals surface area contributed by atoms with Crippen molar-refractivity contribution in [3.63, 3.8) is 0 Å². The van der Waals surface area contributed by atoms with Crippen molar-refractivity contribution in [3.8, 4) is 0 Å². The number of carboxylic acids is 1. The van der Waals surface area contributed by atoms with Gasteiger partial charge in [-0.25, -0.2) is 0 Å². The number of carboxylic acid groups (broad SMARTS) is 1. The van der Waals surface area contributed by atoms with E-state index in [2.05, 4.69) is 20.4 Å². The summed E-state index contributed by atoms with van der Waals surface area (Å²) in [5.41, 5.74) is 0.984. The Labute approximate surface area is 149 Å². The molecule has 3 aromatic rings. The van der Waals surface area contributed by atoms with E-state index in [4.69, 9.17) is 5.11 Å². The van der Waals surface area contributed by atoms with Crippen molar-refractivity contribution in [1.29, 1.82) is 0 Å². The van der Waals surface area contributed by atoms with Gasteiger partial charge in [-0.15, -0.1) is 22.0 Å². The van der Waals surface area contributed by atoms with Crippen molar-refractivity contribution in [1.82, 2.24) is 10.2 Å². The molecule has 0 saturated heterocycles. The Morgan fingerprint density at radius 3 is 2.68 bits per heavy atom. The Morgan fingerprint density at radius 2 is 1.88 bits per heavy atom. The van der Waals surface area contributed by atoms with Crippen molar-refractivity contribution < 1.29 is 9.90 Å². The van der Waals surface area contributed by atoms with Crippen LogP contribution in [0, 0.1) is 0 Å². The predicted octanol–water partition coefficient (Wildman–Crippen LogP) is 4.27. The van der Waals surface area contributed by atoms with Crippen LogP contribution in [0.2, 0.25) is 0 Å². The normalized spacial score (nSPS) is 12.5. The molecule has 3 rings (SSSR count). The molecule has 0 fully saturated rings. The maximum absolute atomic E-state index is 10.7. The minimum atomic E-state index is -0.839. The zero-order valence-electron chi connectivity index (χ0n) is 13.3. The average Bonchev–Trinajstić information content (AvgIpc) is 2.65. The van der Waals surface area contributed by atoms with Gasteiger partial charge in [0, 0.05) is 16.5 Å². The molecule has 2 aromatic carbocycles. The molecule has 0 aliphatic heterocycles. The number of rotatable bonds is 7. The highest BCUT2D eigenvalue weighted by Gasteiger charge is 2.12. The van der Waals surface area contributed by atoms with Gasteiger partial charge in [-0.05, 0) is 5.56 Å². The summed E-state index contributed by atoms with van der Waals surface area (Å²) in [6.07, 6.45) is 1.69. The molecule has 1 heterocycles. The molecule has 126 valence electrons. The van der Waals surface area contributed by atoms with Gasteiger partial charge in [0.2, 0.25) is 5.82 Å². The van der Waals surface area contributed by atoms with Gasteiger partial charge in [0.1, 0.15) is 6.04 Å². The standard InChI is InChI=1S/C18H16N4O2S/c23-17(24)12-25-11-16(13-6-2-1-3-7-13)20-22-18-15-9-5-4-8-14(15)10-19-21-18/h1-10,16H,11-12H2,(H,23,24). The molecule has 7 heteroatoms. The van der Waals surface area contributed by atoms with Crippen molar-refractivity contribution in [3.05, 3.63) is 66.4 Å². The van der Waals surface area contributed by atoms with E-state index in [1.54, 1.807) is 6.20 Å². The number of hydrogen-bond acceptors (Lipinski definition) is 6. The molecule has 1 aromatic heterocycles. The first-order chi connectivity index (χ1) is 12.2. The molecule has 0 radical (unpaired) electrons. The quantitative estimate of drug-likeness (QED) is 0.641. The summed E-state index contributed by atoms with van der Waals surface area (Å²) in [7, 11) is 0. The number of fused-ring (bicyclic) bond motifs is 1. The number of thioether (sulfide) groups is 1. The van der Waals surface area contributed by atoms with E-state index in [9.17, 15) is 4.79 Å². The largest absolute Gasteiger partial charge is 0.481 e. The molecule has 0 spiro atoms. The maximum atomic E-state index is 10.7. The molecule has 1 N–H and O–H groups in total. The van der Waals surface area contributed by atoms with Crippen LogP contribution in [0.3, 0.4) is 0 Å². The molecule has 0 bridgehead atoms. The lowest BCUT2D eigenvalue weighted by Crippen LogP contribution is -2.03. The van der Waals surface area contributed by atoms with Gasteiger partial charge in [-0.1, -0.05) is 54.6 Å².